The van der Waals surface area contributed by atoms with Crippen LogP contribution in [0.4, 0.5) is 0 Å². The van der Waals surface area contributed by atoms with Crippen molar-refractivity contribution in [3.8, 4) is 17.2 Å². The summed E-state index contributed by atoms with van der Waals surface area (Å²) in [7, 11) is 2.82. The minimum Gasteiger partial charge on any atom is -0.507 e. The number of ketones is 1. The first-order valence-corrected chi connectivity index (χ1v) is 10.2. The number of carbonyl (C=O) groups is 2. The van der Waals surface area contributed by atoms with Crippen LogP contribution in [0.1, 0.15) is 22.9 Å². The number of phenols is 1. The molecule has 2 heterocycles. The summed E-state index contributed by atoms with van der Waals surface area (Å²) in [5.74, 6) is -1.41. The van der Waals surface area contributed by atoms with Crippen molar-refractivity contribution in [3.63, 3.8) is 0 Å². The highest BCUT2D eigenvalue weighted by Crippen LogP contribution is 2.43. The number of hydrogen-bond acceptors (Lipinski definition) is 7. The number of hydrogen-bond donors (Lipinski definition) is 2. The molecule has 1 fully saturated rings. The van der Waals surface area contributed by atoms with E-state index in [0.29, 0.717) is 16.3 Å². The maximum atomic E-state index is 13.1. The SMILES string of the molecule is COc1ccc(C2/C(=C(\O)c3cc(Cl)ccc3OC)C(=O)C(=O)N2Cc2ccco2)cc1O. The fraction of sp³-hybridized carbons (Fsp3) is 0.167. The number of amides is 1. The van der Waals surface area contributed by atoms with Crippen LogP contribution >= 0.6 is 11.6 Å². The first-order valence-electron chi connectivity index (χ1n) is 9.87. The van der Waals surface area contributed by atoms with Crippen LogP contribution in [0.5, 0.6) is 17.2 Å². The molecule has 1 aliphatic heterocycles. The van der Waals surface area contributed by atoms with E-state index in [1.807, 2.05) is 0 Å². The quantitative estimate of drug-likeness (QED) is 0.315. The van der Waals surface area contributed by atoms with Gasteiger partial charge in [0.15, 0.2) is 11.5 Å². The fourth-order valence-corrected chi connectivity index (χ4v) is 4.02. The number of methoxy groups -OCH3 is 2. The molecule has 0 bridgehead atoms. The second-order valence-electron chi connectivity index (χ2n) is 7.28. The molecule has 8 nitrogen and oxygen atoms in total. The van der Waals surface area contributed by atoms with Gasteiger partial charge in [0.1, 0.15) is 17.3 Å². The van der Waals surface area contributed by atoms with Crippen molar-refractivity contribution in [3.05, 3.63) is 82.3 Å². The highest BCUT2D eigenvalue weighted by molar-refractivity contribution is 6.46. The molecule has 1 aliphatic rings. The molecule has 3 aromatic rings. The number of halogens is 1. The number of aromatic hydroxyl groups is 1. The summed E-state index contributed by atoms with van der Waals surface area (Å²) in [4.78, 5) is 27.4. The average molecular weight is 470 g/mol. The van der Waals surface area contributed by atoms with E-state index in [2.05, 4.69) is 0 Å². The molecule has 1 atom stereocenters. The summed E-state index contributed by atoms with van der Waals surface area (Å²) in [6.07, 6.45) is 1.46. The van der Waals surface area contributed by atoms with Gasteiger partial charge >= 0.3 is 0 Å². The highest BCUT2D eigenvalue weighted by atomic mass is 35.5. The molecule has 1 amide bonds. The fourth-order valence-electron chi connectivity index (χ4n) is 3.85. The minimum atomic E-state index is -1.02. The number of likely N-dealkylation sites (tertiary alicyclic amines) is 1. The molecule has 2 N–H and O–H groups in total. The Balaban J connectivity index is 1.93. The van der Waals surface area contributed by atoms with Crippen molar-refractivity contribution in [1.82, 2.24) is 4.90 Å². The summed E-state index contributed by atoms with van der Waals surface area (Å²) >= 11 is 6.11. The molecule has 1 saturated heterocycles. The summed E-state index contributed by atoms with van der Waals surface area (Å²) in [5, 5.41) is 21.9. The minimum absolute atomic E-state index is 0.0293. The zero-order chi connectivity index (χ0) is 23.7. The van der Waals surface area contributed by atoms with E-state index >= 15 is 0 Å². The summed E-state index contributed by atoms with van der Waals surface area (Å²) in [6.45, 7) is -0.0293. The lowest BCUT2D eigenvalue weighted by molar-refractivity contribution is -0.140. The third-order valence-corrected chi connectivity index (χ3v) is 5.62. The van der Waals surface area contributed by atoms with E-state index in [4.69, 9.17) is 25.5 Å². The van der Waals surface area contributed by atoms with Gasteiger partial charge < -0.3 is 29.0 Å². The first-order chi connectivity index (χ1) is 15.8. The lowest BCUT2D eigenvalue weighted by Crippen LogP contribution is -2.29. The van der Waals surface area contributed by atoms with Crippen LogP contribution in [0, 0.1) is 0 Å². The smallest absolute Gasteiger partial charge is 0.296 e. The van der Waals surface area contributed by atoms with Gasteiger partial charge in [-0.05, 0) is 48.0 Å². The first kappa shape index (κ1) is 22.3. The number of aliphatic hydroxyl groups is 1. The molecular weight excluding hydrogens is 450 g/mol. The Morgan fingerprint density at radius 2 is 1.82 bits per heavy atom. The molecule has 1 unspecified atom stereocenters. The Hall–Kier alpha value is -3.91. The summed E-state index contributed by atoms with van der Waals surface area (Å²) in [5.41, 5.74) is 0.377. The maximum absolute atomic E-state index is 13.1. The maximum Gasteiger partial charge on any atom is 0.296 e. The lowest BCUT2D eigenvalue weighted by Gasteiger charge is -2.25. The Morgan fingerprint density at radius 3 is 2.45 bits per heavy atom. The second kappa shape index (κ2) is 8.91. The predicted molar refractivity (Wildman–Crippen MR) is 119 cm³/mol. The summed E-state index contributed by atoms with van der Waals surface area (Å²) in [6, 6.07) is 11.4. The van der Waals surface area contributed by atoms with Gasteiger partial charge in [-0.3, -0.25) is 9.59 Å². The second-order valence-corrected chi connectivity index (χ2v) is 7.72. The van der Waals surface area contributed by atoms with Crippen molar-refractivity contribution in [2.45, 2.75) is 12.6 Å². The Labute approximate surface area is 194 Å². The van der Waals surface area contributed by atoms with E-state index in [0.717, 1.165) is 0 Å². The Kier molecular flexibility index (Phi) is 6.02. The Bertz CT molecular complexity index is 1250. The average Bonchev–Trinajstić information content (AvgIpc) is 3.41. The lowest BCUT2D eigenvalue weighted by atomic mass is 9.94. The van der Waals surface area contributed by atoms with Crippen LogP contribution in [-0.4, -0.2) is 41.0 Å². The molecule has 0 saturated carbocycles. The molecule has 9 heteroatoms. The number of aliphatic hydroxyl groups excluding tert-OH is 1. The number of furan rings is 1. The van der Waals surface area contributed by atoms with Crippen LogP contribution in [0.3, 0.4) is 0 Å². The van der Waals surface area contributed by atoms with Gasteiger partial charge in [0.25, 0.3) is 11.7 Å². The molecule has 4 rings (SSSR count). The summed E-state index contributed by atoms with van der Waals surface area (Å²) < 4.78 is 15.8. The highest BCUT2D eigenvalue weighted by Gasteiger charge is 2.46. The predicted octanol–water partition coefficient (Wildman–Crippen LogP) is 4.28. The van der Waals surface area contributed by atoms with Gasteiger partial charge in [-0.25, -0.2) is 0 Å². The van der Waals surface area contributed by atoms with Gasteiger partial charge in [-0.2, -0.15) is 0 Å². The van der Waals surface area contributed by atoms with Crippen molar-refractivity contribution < 1.29 is 33.7 Å². The van der Waals surface area contributed by atoms with E-state index in [1.165, 1.54) is 43.6 Å². The normalized spacial score (nSPS) is 17.4. The zero-order valence-corrected chi connectivity index (χ0v) is 18.5. The van der Waals surface area contributed by atoms with E-state index in [-0.39, 0.29) is 34.9 Å². The number of phenolic OH excluding ortho intramolecular Hbond substituents is 1. The van der Waals surface area contributed by atoms with Crippen molar-refractivity contribution in [2.75, 3.05) is 14.2 Å². The van der Waals surface area contributed by atoms with Gasteiger partial charge in [-0.15, -0.1) is 0 Å². The van der Waals surface area contributed by atoms with Crippen LogP contribution in [0.15, 0.2) is 64.8 Å². The Morgan fingerprint density at radius 1 is 1.09 bits per heavy atom. The largest absolute Gasteiger partial charge is 0.507 e. The molecular formula is C24H20ClNO7. The standard InChI is InChI=1S/C24H20ClNO7/c1-31-18-8-6-14(25)11-16(18)22(28)20-21(13-5-7-19(32-2)17(27)10-13)26(24(30)23(20)29)12-15-4-3-9-33-15/h3-11,21,27-28H,12H2,1-2H3/b22-20+. The third kappa shape index (κ3) is 4.01. The van der Waals surface area contributed by atoms with Crippen molar-refractivity contribution in [1.29, 1.82) is 0 Å². The molecule has 0 radical (unpaired) electrons. The van der Waals surface area contributed by atoms with Gasteiger partial charge in [-0.1, -0.05) is 17.7 Å². The van der Waals surface area contributed by atoms with Gasteiger partial charge in [0.2, 0.25) is 0 Å². The van der Waals surface area contributed by atoms with Crippen LogP contribution < -0.4 is 9.47 Å². The van der Waals surface area contributed by atoms with E-state index in [9.17, 15) is 19.8 Å². The van der Waals surface area contributed by atoms with Crippen LogP contribution in [-0.2, 0) is 16.1 Å². The molecule has 2 aromatic carbocycles. The number of Topliss-reactive ketones (excluding diaryl/α,β-unsaturated/α-hetero) is 1. The number of rotatable bonds is 6. The molecule has 0 aliphatic carbocycles. The van der Waals surface area contributed by atoms with E-state index < -0.39 is 23.5 Å². The van der Waals surface area contributed by atoms with Gasteiger partial charge in [0, 0.05) is 5.02 Å². The third-order valence-electron chi connectivity index (χ3n) is 5.38. The number of nitrogens with zero attached hydrogens (tertiary/aromatic N) is 1. The molecule has 0 spiro atoms. The number of carbonyl (C=O) groups excluding carboxylic acids is 2. The van der Waals surface area contributed by atoms with Crippen molar-refractivity contribution >= 4 is 29.1 Å². The van der Waals surface area contributed by atoms with Gasteiger partial charge in [0.05, 0.1) is 44.2 Å². The molecule has 1 aromatic heterocycles. The number of ether oxygens (including phenoxy) is 2. The van der Waals surface area contributed by atoms with Crippen LogP contribution in [0.2, 0.25) is 5.02 Å². The zero-order valence-electron chi connectivity index (χ0n) is 17.7. The van der Waals surface area contributed by atoms with E-state index in [1.54, 1.807) is 30.3 Å². The topological polar surface area (TPSA) is 109 Å². The van der Waals surface area contributed by atoms with Crippen LogP contribution in [0.25, 0.3) is 5.76 Å². The van der Waals surface area contributed by atoms with Crippen molar-refractivity contribution in [2.24, 2.45) is 0 Å². The number of benzene rings is 2. The molecule has 170 valence electrons. The molecule has 33 heavy (non-hydrogen) atoms. The monoisotopic (exact) mass is 469 g/mol.